The van der Waals surface area contributed by atoms with Crippen molar-refractivity contribution < 1.29 is 23.1 Å². The zero-order valence-electron chi connectivity index (χ0n) is 20.8. The third-order valence-corrected chi connectivity index (χ3v) is 9.66. The molecule has 0 amide bonds. The Labute approximate surface area is 200 Å². The van der Waals surface area contributed by atoms with Crippen molar-refractivity contribution in [3.05, 3.63) is 12.7 Å². The van der Waals surface area contributed by atoms with E-state index in [1.807, 2.05) is 41.5 Å². The molecule has 2 aliphatic carbocycles. The molecule has 5 atom stereocenters. The lowest BCUT2D eigenvalue weighted by atomic mass is 9.58. The van der Waals surface area contributed by atoms with Crippen LogP contribution < -0.4 is 5.73 Å². The number of nitrogens with two attached hydrogens (primary N) is 1. The minimum absolute atomic E-state index is 0.0174. The van der Waals surface area contributed by atoms with E-state index in [-0.39, 0.29) is 41.8 Å². The molecule has 2 aromatic rings. The molecule has 0 radical (unpaired) electrons. The maximum Gasteiger partial charge on any atom is 0.331 e. The molecular formula is C23H36N5O5P. The summed E-state index contributed by atoms with van der Waals surface area (Å²) in [4.78, 5) is 13.1. The molecule has 0 bridgehead atoms. The fourth-order valence-electron chi connectivity index (χ4n) is 6.27. The third kappa shape index (κ3) is 3.88. The summed E-state index contributed by atoms with van der Waals surface area (Å²) < 4.78 is 40.4. The zero-order chi connectivity index (χ0) is 24.5. The smallest absolute Gasteiger partial charge is 0.331 e. The van der Waals surface area contributed by atoms with Gasteiger partial charge < -0.3 is 28.8 Å². The molecule has 2 aromatic heterocycles. The Morgan fingerprint density at radius 1 is 1.18 bits per heavy atom. The van der Waals surface area contributed by atoms with Gasteiger partial charge >= 0.3 is 7.60 Å². The van der Waals surface area contributed by atoms with Gasteiger partial charge in [0.05, 0.1) is 36.8 Å². The summed E-state index contributed by atoms with van der Waals surface area (Å²) in [5, 5.41) is 0. The normalized spacial score (nSPS) is 32.4. The van der Waals surface area contributed by atoms with E-state index in [1.54, 1.807) is 6.33 Å². The number of fused-ring (bicyclic) bond motifs is 4. The molecule has 10 nitrogen and oxygen atoms in total. The Morgan fingerprint density at radius 2 is 1.88 bits per heavy atom. The van der Waals surface area contributed by atoms with Gasteiger partial charge in [-0.2, -0.15) is 0 Å². The van der Waals surface area contributed by atoms with Gasteiger partial charge in [0.15, 0.2) is 17.3 Å². The van der Waals surface area contributed by atoms with Gasteiger partial charge in [0.1, 0.15) is 17.9 Å². The Bertz CT molecular complexity index is 1110. The Balaban J connectivity index is 1.49. The van der Waals surface area contributed by atoms with E-state index >= 15 is 0 Å². The van der Waals surface area contributed by atoms with Gasteiger partial charge in [-0.3, -0.25) is 4.57 Å². The number of rotatable bonds is 8. The standard InChI is InChI=1S/C23H36N5O5P/c1-13(2)32-34(29,33-14(3)4)10-9-23-8-7-15(23)17(18-19(23)31-22(5,6)30-18)28-12-27-16-20(24)25-11-26-21(16)28/h11-15,17-19H,7-10H2,1-6H3,(H2,24,25,26)/t15-,17-,18+,19+,23+/m1/s1. The highest BCUT2D eigenvalue weighted by molar-refractivity contribution is 7.53. The predicted octanol–water partition coefficient (Wildman–Crippen LogP) is 4.31. The maximum absolute atomic E-state index is 13.6. The van der Waals surface area contributed by atoms with Gasteiger partial charge in [0.2, 0.25) is 0 Å². The molecule has 188 valence electrons. The average Bonchev–Trinajstić information content (AvgIpc) is 3.29. The summed E-state index contributed by atoms with van der Waals surface area (Å²) in [6, 6.07) is -0.0174. The number of nitrogen functional groups attached to an aromatic ring is 1. The second-order valence-electron chi connectivity index (χ2n) is 10.9. The topological polar surface area (TPSA) is 124 Å². The van der Waals surface area contributed by atoms with Gasteiger partial charge in [-0.05, 0) is 66.7 Å². The average molecular weight is 494 g/mol. The zero-order valence-corrected chi connectivity index (χ0v) is 21.7. The Morgan fingerprint density at radius 3 is 2.50 bits per heavy atom. The summed E-state index contributed by atoms with van der Waals surface area (Å²) in [7, 11) is -3.27. The van der Waals surface area contributed by atoms with Crippen LogP contribution in [0.3, 0.4) is 0 Å². The highest BCUT2D eigenvalue weighted by Gasteiger charge is 2.70. The van der Waals surface area contributed by atoms with Crippen LogP contribution in [-0.2, 0) is 23.1 Å². The molecule has 0 unspecified atom stereocenters. The number of anilines is 1. The second-order valence-corrected chi connectivity index (χ2v) is 13.0. The van der Waals surface area contributed by atoms with Crippen molar-refractivity contribution in [3.63, 3.8) is 0 Å². The van der Waals surface area contributed by atoms with Crippen molar-refractivity contribution in [2.24, 2.45) is 11.3 Å². The van der Waals surface area contributed by atoms with Crippen molar-refractivity contribution in [1.29, 1.82) is 0 Å². The van der Waals surface area contributed by atoms with E-state index in [2.05, 4.69) is 19.5 Å². The first kappa shape index (κ1) is 24.1. The van der Waals surface area contributed by atoms with Crippen LogP contribution in [0.1, 0.15) is 66.8 Å². The van der Waals surface area contributed by atoms with Gasteiger partial charge in [-0.1, -0.05) is 0 Å². The van der Waals surface area contributed by atoms with Crippen LogP contribution >= 0.6 is 7.60 Å². The van der Waals surface area contributed by atoms with Crippen molar-refractivity contribution in [2.75, 3.05) is 11.9 Å². The largest absolute Gasteiger partial charge is 0.382 e. The van der Waals surface area contributed by atoms with E-state index in [0.717, 1.165) is 12.8 Å². The van der Waals surface area contributed by atoms with E-state index in [0.29, 0.717) is 29.6 Å². The van der Waals surface area contributed by atoms with Crippen molar-refractivity contribution in [3.8, 4) is 0 Å². The molecule has 3 heterocycles. The SMILES string of the molecule is CC(C)OP(=O)(CC[C@@]12CC[C@@H]1[C@@H](n1cnc3c(N)ncnc31)[C@@H]1OC(C)(C)O[C@@H]12)OC(C)C. The first-order valence-corrected chi connectivity index (χ1v) is 13.9. The van der Waals surface area contributed by atoms with Crippen LogP contribution in [0, 0.1) is 11.3 Å². The monoisotopic (exact) mass is 493 g/mol. The molecule has 2 N–H and O–H groups in total. The van der Waals surface area contributed by atoms with E-state index in [9.17, 15) is 4.57 Å². The lowest BCUT2D eigenvalue weighted by molar-refractivity contribution is -0.192. The van der Waals surface area contributed by atoms with Crippen LogP contribution in [0.15, 0.2) is 12.7 Å². The van der Waals surface area contributed by atoms with Crippen molar-refractivity contribution in [1.82, 2.24) is 19.5 Å². The second kappa shape index (κ2) is 8.23. The minimum Gasteiger partial charge on any atom is -0.382 e. The Hall–Kier alpha value is -1.58. The first-order valence-electron chi connectivity index (χ1n) is 12.2. The number of nitrogens with zero attached hydrogens (tertiary/aromatic N) is 4. The molecule has 1 aliphatic heterocycles. The minimum atomic E-state index is -3.27. The van der Waals surface area contributed by atoms with E-state index < -0.39 is 13.4 Å². The summed E-state index contributed by atoms with van der Waals surface area (Å²) in [5.74, 6) is -0.0867. The Kier molecular flexibility index (Phi) is 5.84. The first-order chi connectivity index (χ1) is 15.9. The van der Waals surface area contributed by atoms with Crippen LogP contribution in [0.4, 0.5) is 5.82 Å². The molecule has 5 rings (SSSR count). The molecule has 2 saturated carbocycles. The third-order valence-electron chi connectivity index (χ3n) is 7.41. The lowest BCUT2D eigenvalue weighted by Crippen LogP contribution is -2.47. The molecule has 3 fully saturated rings. The lowest BCUT2D eigenvalue weighted by Gasteiger charge is -2.50. The highest BCUT2D eigenvalue weighted by atomic mass is 31.2. The van der Waals surface area contributed by atoms with Gasteiger partial charge in [-0.15, -0.1) is 0 Å². The van der Waals surface area contributed by atoms with Gasteiger partial charge in [0.25, 0.3) is 0 Å². The van der Waals surface area contributed by atoms with E-state index in [4.69, 9.17) is 24.3 Å². The molecule has 34 heavy (non-hydrogen) atoms. The number of imidazole rings is 1. The van der Waals surface area contributed by atoms with Gasteiger partial charge in [0, 0.05) is 5.41 Å². The molecule has 11 heteroatoms. The fourth-order valence-corrected chi connectivity index (χ4v) is 8.50. The number of hydrogen-bond acceptors (Lipinski definition) is 9. The predicted molar refractivity (Wildman–Crippen MR) is 127 cm³/mol. The van der Waals surface area contributed by atoms with Crippen LogP contribution in [-0.4, -0.2) is 55.9 Å². The van der Waals surface area contributed by atoms with Crippen molar-refractivity contribution in [2.45, 2.75) is 97.0 Å². The van der Waals surface area contributed by atoms with E-state index in [1.165, 1.54) is 6.33 Å². The fraction of sp³-hybridized carbons (Fsp3) is 0.783. The van der Waals surface area contributed by atoms with Gasteiger partial charge in [-0.25, -0.2) is 15.0 Å². The van der Waals surface area contributed by atoms with Crippen molar-refractivity contribution >= 4 is 24.6 Å². The molecule has 1 saturated heterocycles. The number of hydrogen-bond donors (Lipinski definition) is 1. The molecule has 3 aliphatic rings. The summed E-state index contributed by atoms with van der Waals surface area (Å²) in [6.45, 7) is 11.4. The van der Waals surface area contributed by atoms with Crippen LogP contribution in [0.5, 0.6) is 0 Å². The quantitative estimate of drug-likeness (QED) is 0.536. The maximum atomic E-state index is 13.6. The van der Waals surface area contributed by atoms with Crippen LogP contribution in [0.2, 0.25) is 0 Å². The number of aromatic nitrogens is 4. The molecule has 0 aromatic carbocycles. The van der Waals surface area contributed by atoms with Crippen LogP contribution in [0.25, 0.3) is 11.2 Å². The molecular weight excluding hydrogens is 457 g/mol. The molecule has 0 spiro atoms. The number of ether oxygens (including phenoxy) is 2. The summed E-state index contributed by atoms with van der Waals surface area (Å²) in [5.41, 5.74) is 7.16. The summed E-state index contributed by atoms with van der Waals surface area (Å²) >= 11 is 0. The highest BCUT2D eigenvalue weighted by Crippen LogP contribution is 2.69. The summed E-state index contributed by atoms with van der Waals surface area (Å²) in [6.07, 6.45) is 5.60.